The van der Waals surface area contributed by atoms with Crippen LogP contribution < -0.4 is 27.4 Å². The van der Waals surface area contributed by atoms with E-state index in [1.165, 1.54) is 6.92 Å². The lowest BCUT2D eigenvalue weighted by Gasteiger charge is -2.51. The van der Waals surface area contributed by atoms with Crippen LogP contribution >= 0.6 is 0 Å². The second kappa shape index (κ2) is 14.9. The molecule has 1 aliphatic carbocycles. The zero-order valence-electron chi connectivity index (χ0n) is 23.2. The van der Waals surface area contributed by atoms with Gasteiger partial charge in [-0.05, 0) is 32.9 Å². The van der Waals surface area contributed by atoms with E-state index in [1.807, 2.05) is 6.08 Å². The molecule has 15 heteroatoms. The van der Waals surface area contributed by atoms with Crippen molar-refractivity contribution in [3.63, 3.8) is 0 Å². The molecule has 12 atom stereocenters. The van der Waals surface area contributed by atoms with Crippen LogP contribution in [0.25, 0.3) is 0 Å². The molecule has 40 heavy (non-hydrogen) atoms. The van der Waals surface area contributed by atoms with Crippen molar-refractivity contribution in [1.29, 1.82) is 0 Å². The minimum absolute atomic E-state index is 0.136. The van der Waals surface area contributed by atoms with Crippen molar-refractivity contribution >= 4 is 0 Å². The Kier molecular flexibility index (Phi) is 12.5. The molecular formula is C25H49N5O10. The number of nitrogens with one attached hydrogen (secondary N) is 3. The Bertz CT molecular complexity index is 806. The highest BCUT2D eigenvalue weighted by atomic mass is 16.7. The van der Waals surface area contributed by atoms with Crippen LogP contribution in [0, 0.1) is 5.92 Å². The van der Waals surface area contributed by atoms with Crippen LogP contribution in [-0.4, -0.2) is 155 Å². The number of nitrogens with two attached hydrogens (primary N) is 2. The van der Waals surface area contributed by atoms with E-state index in [2.05, 4.69) is 16.0 Å². The second-order valence-corrected chi connectivity index (χ2v) is 11.3. The second-order valence-electron chi connectivity index (χ2n) is 11.3. The number of ether oxygens (including phenoxy) is 3. The summed E-state index contributed by atoms with van der Waals surface area (Å²) in [6, 6.07) is -3.25. The Morgan fingerprint density at radius 2 is 1.82 bits per heavy atom. The lowest BCUT2D eigenvalue weighted by Crippen LogP contribution is -2.69. The molecule has 3 rings (SSSR count). The van der Waals surface area contributed by atoms with Gasteiger partial charge in [-0.3, -0.25) is 0 Å². The fourth-order valence-corrected chi connectivity index (χ4v) is 5.87. The number of aliphatic hydroxyl groups excluding tert-OH is 6. The maximum Gasteiger partial charge on any atom is 0.185 e. The molecule has 0 radical (unpaired) electrons. The molecule has 234 valence electrons. The maximum atomic E-state index is 11.7. The van der Waals surface area contributed by atoms with Gasteiger partial charge in [0.1, 0.15) is 29.7 Å². The molecule has 3 aliphatic rings. The highest BCUT2D eigenvalue weighted by Gasteiger charge is 2.53. The first-order valence-electron chi connectivity index (χ1n) is 13.8. The number of hydrogen-bond acceptors (Lipinski definition) is 15. The van der Waals surface area contributed by atoms with Crippen molar-refractivity contribution in [2.45, 2.75) is 92.4 Å². The first kappa shape index (κ1) is 33.5. The van der Waals surface area contributed by atoms with Crippen molar-refractivity contribution < 1.29 is 50.0 Å². The van der Waals surface area contributed by atoms with Crippen LogP contribution in [0.4, 0.5) is 0 Å². The van der Waals surface area contributed by atoms with E-state index in [0.717, 1.165) is 0 Å². The van der Waals surface area contributed by atoms with Gasteiger partial charge in [0.25, 0.3) is 0 Å². The molecule has 0 aromatic carbocycles. The van der Waals surface area contributed by atoms with E-state index < -0.39 is 78.5 Å². The molecule has 0 aromatic heterocycles. The van der Waals surface area contributed by atoms with Crippen molar-refractivity contribution in [1.82, 2.24) is 16.0 Å². The third kappa shape index (κ3) is 7.87. The smallest absolute Gasteiger partial charge is 0.185 e. The first-order valence-corrected chi connectivity index (χ1v) is 13.8. The van der Waals surface area contributed by atoms with Crippen LogP contribution in [-0.2, 0) is 14.2 Å². The highest BCUT2D eigenvalue weighted by molar-refractivity contribution is 5.11. The van der Waals surface area contributed by atoms with E-state index in [4.69, 9.17) is 30.8 Å². The van der Waals surface area contributed by atoms with Crippen molar-refractivity contribution in [2.24, 2.45) is 17.4 Å². The third-order valence-corrected chi connectivity index (χ3v) is 8.07. The van der Waals surface area contributed by atoms with E-state index >= 15 is 0 Å². The summed E-state index contributed by atoms with van der Waals surface area (Å²) in [5.74, 6) is -0.143. The molecular weight excluding hydrogens is 530 g/mol. The molecule has 2 heterocycles. The van der Waals surface area contributed by atoms with Gasteiger partial charge in [0, 0.05) is 30.6 Å². The standard InChI is InChI=1S/C25H49N5O10/c1-25(37)11-38-24(20(36)23(25)28-2)40-22-17(30-12(8-31)9-32)5-16(27)18(19(22)35)21-15(26)4-3-14(39-21)7-29-6-13(34)10-33/h3,12-13,15-24,28-37H,4-11,26-27H2,1-2H3/t13?,15-,16+,17-,18?,19+,20-,21+,22+,23-,24-,25+/m1/s1. The Morgan fingerprint density at radius 3 is 2.45 bits per heavy atom. The zero-order valence-corrected chi connectivity index (χ0v) is 23.2. The predicted molar refractivity (Wildman–Crippen MR) is 143 cm³/mol. The molecule has 2 fully saturated rings. The van der Waals surface area contributed by atoms with Gasteiger partial charge >= 0.3 is 0 Å². The summed E-state index contributed by atoms with van der Waals surface area (Å²) in [6.07, 6.45) is -3.86. The van der Waals surface area contributed by atoms with E-state index in [0.29, 0.717) is 12.2 Å². The highest BCUT2D eigenvalue weighted by Crippen LogP contribution is 2.36. The Balaban J connectivity index is 1.80. The molecule has 2 unspecified atom stereocenters. The van der Waals surface area contributed by atoms with Crippen LogP contribution in [0.5, 0.6) is 0 Å². The van der Waals surface area contributed by atoms with Gasteiger partial charge in [0.15, 0.2) is 6.29 Å². The maximum absolute atomic E-state index is 11.7. The van der Waals surface area contributed by atoms with Gasteiger partial charge in [-0.25, -0.2) is 0 Å². The van der Waals surface area contributed by atoms with Gasteiger partial charge in [0.2, 0.25) is 0 Å². The lowest BCUT2D eigenvalue weighted by molar-refractivity contribution is -0.298. The van der Waals surface area contributed by atoms with Crippen molar-refractivity contribution in [3.8, 4) is 0 Å². The van der Waals surface area contributed by atoms with Gasteiger partial charge in [-0.1, -0.05) is 0 Å². The van der Waals surface area contributed by atoms with Crippen LogP contribution in [0.1, 0.15) is 19.8 Å². The fourth-order valence-electron chi connectivity index (χ4n) is 5.87. The predicted octanol–water partition coefficient (Wildman–Crippen LogP) is -5.61. The number of likely N-dealkylation sites (N-methyl/N-ethyl adjacent to an activating group) is 1. The van der Waals surface area contributed by atoms with Crippen LogP contribution in [0.3, 0.4) is 0 Å². The van der Waals surface area contributed by atoms with Crippen molar-refractivity contribution in [2.75, 3.05) is 46.6 Å². The quantitative estimate of drug-likeness (QED) is 0.0971. The molecule has 0 spiro atoms. The molecule has 0 bridgehead atoms. The summed E-state index contributed by atoms with van der Waals surface area (Å²) in [4.78, 5) is 0. The van der Waals surface area contributed by atoms with E-state index in [9.17, 15) is 30.6 Å². The number of hydrogen-bond donors (Lipinski definition) is 12. The zero-order chi connectivity index (χ0) is 29.6. The molecule has 0 amide bonds. The van der Waals surface area contributed by atoms with Gasteiger partial charge in [-0.15, -0.1) is 0 Å². The average molecular weight is 580 g/mol. The summed E-state index contributed by atoms with van der Waals surface area (Å²) in [5.41, 5.74) is 11.6. The van der Waals surface area contributed by atoms with Gasteiger partial charge in [0.05, 0.1) is 57.3 Å². The number of aliphatic hydroxyl groups is 7. The SMILES string of the molecule is CN[C@@H]1[C@@H](O)[C@@H](O[C@H]2[C@H](NC(CO)CO)C[C@H](N)C([C@H]3OC(CNCC(O)CO)=CC[C@H]3N)[C@@H]2O)OC[C@]1(C)O. The van der Waals surface area contributed by atoms with Crippen molar-refractivity contribution in [3.05, 3.63) is 11.8 Å². The Labute approximate surface area is 234 Å². The molecule has 15 nitrogen and oxygen atoms in total. The lowest BCUT2D eigenvalue weighted by atomic mass is 9.72. The topological polar surface area (TPSA) is 257 Å². The monoisotopic (exact) mass is 579 g/mol. The summed E-state index contributed by atoms with van der Waals surface area (Å²) < 4.78 is 18.0. The van der Waals surface area contributed by atoms with Crippen LogP contribution in [0.2, 0.25) is 0 Å². The molecule has 1 saturated carbocycles. The fraction of sp³-hybridized carbons (Fsp3) is 0.920. The third-order valence-electron chi connectivity index (χ3n) is 8.07. The number of rotatable bonds is 13. The Morgan fingerprint density at radius 1 is 1.12 bits per heavy atom. The summed E-state index contributed by atoms with van der Waals surface area (Å²) in [7, 11) is 1.60. The normalized spacial score (nSPS) is 41.5. The van der Waals surface area contributed by atoms with Gasteiger partial charge in [-0.2, -0.15) is 0 Å². The Hall–Kier alpha value is -1.02. The average Bonchev–Trinajstić information content (AvgIpc) is 2.91. The first-order chi connectivity index (χ1) is 19.0. The summed E-state index contributed by atoms with van der Waals surface area (Å²) >= 11 is 0. The van der Waals surface area contributed by atoms with E-state index in [-0.39, 0.29) is 45.9 Å². The molecule has 14 N–H and O–H groups in total. The summed E-state index contributed by atoms with van der Waals surface area (Å²) in [6.45, 7) is 0.702. The largest absolute Gasteiger partial charge is 0.492 e. The minimum Gasteiger partial charge on any atom is -0.492 e. The molecule has 1 saturated heterocycles. The molecule has 2 aliphatic heterocycles. The van der Waals surface area contributed by atoms with E-state index in [1.54, 1.807) is 7.05 Å². The summed E-state index contributed by atoms with van der Waals surface area (Å²) in [5, 5.41) is 80.2. The van der Waals surface area contributed by atoms with Crippen LogP contribution in [0.15, 0.2) is 11.8 Å². The minimum atomic E-state index is -1.37. The molecule has 0 aromatic rings. The van der Waals surface area contributed by atoms with Gasteiger partial charge < -0.3 is 77.4 Å².